The van der Waals surface area contributed by atoms with Crippen LogP contribution < -0.4 is 0 Å². The third kappa shape index (κ3) is 6.28. The molecule has 0 unspecified atom stereocenters. The molecule has 54 valence electrons. The van der Waals surface area contributed by atoms with Crippen LogP contribution in [0.15, 0.2) is 24.6 Å². The minimum absolute atomic E-state index is 0.611. The van der Waals surface area contributed by atoms with Crippen LogP contribution in [0, 0.1) is 20.2 Å². The van der Waals surface area contributed by atoms with Crippen LogP contribution in [-0.4, -0.2) is 9.85 Å². The van der Waals surface area contributed by atoms with Gasteiger partial charge in [-0.15, -0.1) is 0 Å². The van der Waals surface area contributed by atoms with E-state index in [9.17, 15) is 20.2 Å². The second-order valence-corrected chi connectivity index (χ2v) is 1.25. The summed E-state index contributed by atoms with van der Waals surface area (Å²) < 4.78 is 0. The quantitative estimate of drug-likeness (QED) is 0.329. The Kier molecular flexibility index (Phi) is 3.47. The second kappa shape index (κ2) is 4.19. The van der Waals surface area contributed by atoms with E-state index in [1.54, 1.807) is 0 Å². The summed E-state index contributed by atoms with van der Waals surface area (Å²) in [6, 6.07) is 0. The summed E-state index contributed by atoms with van der Waals surface area (Å²) in [6.45, 7) is 0. The van der Waals surface area contributed by atoms with Crippen molar-refractivity contribution in [3.8, 4) is 0 Å². The van der Waals surface area contributed by atoms with Crippen molar-refractivity contribution in [1.82, 2.24) is 0 Å². The fourth-order valence-corrected chi connectivity index (χ4v) is 0.240. The molecule has 0 aromatic rings. The van der Waals surface area contributed by atoms with Crippen LogP contribution in [0.3, 0.4) is 0 Å². The predicted molar refractivity (Wildman–Crippen MR) is 32.3 cm³/mol. The largest absolute Gasteiger partial charge is 0.259 e. The maximum absolute atomic E-state index is 9.56. The smallest absolute Gasteiger partial charge is 0.234 e. The highest BCUT2D eigenvalue weighted by molar-refractivity contribution is 4.95. The van der Waals surface area contributed by atoms with E-state index < -0.39 is 9.85 Å². The van der Waals surface area contributed by atoms with Gasteiger partial charge >= 0.3 is 0 Å². The van der Waals surface area contributed by atoms with Crippen molar-refractivity contribution in [3.63, 3.8) is 0 Å². The van der Waals surface area contributed by atoms with Gasteiger partial charge in [0.2, 0.25) is 12.4 Å². The first-order valence-electron chi connectivity index (χ1n) is 2.25. The van der Waals surface area contributed by atoms with Crippen molar-refractivity contribution in [1.29, 1.82) is 0 Å². The molecule has 0 atom stereocenters. The Morgan fingerprint density at radius 3 is 1.40 bits per heavy atom. The van der Waals surface area contributed by atoms with E-state index in [1.165, 1.54) is 0 Å². The van der Waals surface area contributed by atoms with Gasteiger partial charge in [-0.2, -0.15) is 0 Å². The number of allylic oxidation sites excluding steroid dienone is 2. The Balaban J connectivity index is 3.73. The molecule has 6 heteroatoms. The molecule has 0 fully saturated rings. The highest BCUT2D eigenvalue weighted by Gasteiger charge is 1.82. The monoisotopic (exact) mass is 144 g/mol. The fourth-order valence-electron chi connectivity index (χ4n) is 0.240. The minimum Gasteiger partial charge on any atom is -0.259 e. The van der Waals surface area contributed by atoms with Gasteiger partial charge in [0.15, 0.2) is 0 Å². The van der Waals surface area contributed by atoms with Gasteiger partial charge in [-0.1, -0.05) is 0 Å². The van der Waals surface area contributed by atoms with Crippen molar-refractivity contribution >= 4 is 0 Å². The molecule has 0 spiro atoms. The van der Waals surface area contributed by atoms with Crippen molar-refractivity contribution < 1.29 is 9.85 Å². The first kappa shape index (κ1) is 8.28. The van der Waals surface area contributed by atoms with Crippen LogP contribution >= 0.6 is 0 Å². The van der Waals surface area contributed by atoms with Crippen LogP contribution in [0.5, 0.6) is 0 Å². The molecule has 0 aliphatic heterocycles. The van der Waals surface area contributed by atoms with Crippen LogP contribution in [0.4, 0.5) is 0 Å². The summed E-state index contributed by atoms with van der Waals surface area (Å²) >= 11 is 0. The van der Waals surface area contributed by atoms with Gasteiger partial charge in [-0.05, 0) is 0 Å². The topological polar surface area (TPSA) is 86.3 Å². The number of hydrogen-bond donors (Lipinski definition) is 0. The minimum atomic E-state index is -0.704. The van der Waals surface area contributed by atoms with Gasteiger partial charge in [-0.25, -0.2) is 0 Å². The van der Waals surface area contributed by atoms with E-state index >= 15 is 0 Å². The average Bonchev–Trinajstić information content (AvgIpc) is 1.79. The lowest BCUT2D eigenvalue weighted by atomic mass is 10.6. The van der Waals surface area contributed by atoms with E-state index in [-0.39, 0.29) is 0 Å². The molecule has 0 bridgehead atoms. The van der Waals surface area contributed by atoms with Crippen molar-refractivity contribution in [2.45, 2.75) is 0 Å². The molecule has 0 radical (unpaired) electrons. The Morgan fingerprint density at radius 2 is 1.20 bits per heavy atom. The maximum atomic E-state index is 9.56. The summed E-state index contributed by atoms with van der Waals surface area (Å²) in [7, 11) is 0. The SMILES string of the molecule is O=[N+]([O-])/C=C\C=C\[N+](=O)[O-]. The highest BCUT2D eigenvalue weighted by Crippen LogP contribution is 1.78. The Hall–Kier alpha value is -1.72. The summed E-state index contributed by atoms with van der Waals surface area (Å²) in [5.41, 5.74) is 0. The second-order valence-electron chi connectivity index (χ2n) is 1.25. The molecular weight excluding hydrogens is 140 g/mol. The molecule has 0 saturated carbocycles. The van der Waals surface area contributed by atoms with E-state index in [0.29, 0.717) is 12.4 Å². The van der Waals surface area contributed by atoms with Crippen LogP contribution in [0.1, 0.15) is 0 Å². The zero-order chi connectivity index (χ0) is 7.98. The van der Waals surface area contributed by atoms with Gasteiger partial charge in [0.1, 0.15) is 0 Å². The van der Waals surface area contributed by atoms with Crippen LogP contribution in [-0.2, 0) is 0 Å². The summed E-state index contributed by atoms with van der Waals surface area (Å²) in [5.74, 6) is 0. The molecule has 0 aliphatic rings. The van der Waals surface area contributed by atoms with E-state index in [1.807, 2.05) is 0 Å². The number of rotatable bonds is 3. The van der Waals surface area contributed by atoms with Crippen LogP contribution in [0.25, 0.3) is 0 Å². The normalized spacial score (nSPS) is 10.8. The lowest BCUT2D eigenvalue weighted by Gasteiger charge is -1.73. The number of nitrogens with zero attached hydrogens (tertiary/aromatic N) is 2. The molecule has 0 aliphatic carbocycles. The molecule has 0 aromatic carbocycles. The lowest BCUT2D eigenvalue weighted by Crippen LogP contribution is -1.83. The van der Waals surface area contributed by atoms with Crippen molar-refractivity contribution in [3.05, 3.63) is 44.8 Å². The zero-order valence-electron chi connectivity index (χ0n) is 4.84. The van der Waals surface area contributed by atoms with E-state index in [2.05, 4.69) is 0 Å². The predicted octanol–water partition coefficient (Wildman–Crippen LogP) is 0.567. The van der Waals surface area contributed by atoms with Gasteiger partial charge in [-0.3, -0.25) is 20.2 Å². The van der Waals surface area contributed by atoms with E-state index in [4.69, 9.17) is 0 Å². The molecule has 6 nitrogen and oxygen atoms in total. The number of nitro groups is 2. The molecule has 0 heterocycles. The average molecular weight is 144 g/mol. The molecule has 0 rings (SSSR count). The first-order chi connectivity index (χ1) is 4.63. The first-order valence-corrected chi connectivity index (χ1v) is 2.25. The zero-order valence-corrected chi connectivity index (χ0v) is 4.84. The third-order valence-corrected chi connectivity index (χ3v) is 0.527. The summed E-state index contributed by atoms with van der Waals surface area (Å²) in [5, 5.41) is 19.1. The van der Waals surface area contributed by atoms with Gasteiger partial charge < -0.3 is 0 Å². The molecule has 10 heavy (non-hydrogen) atoms. The molecule has 0 aromatic heterocycles. The maximum Gasteiger partial charge on any atom is 0.234 e. The molecule has 0 N–H and O–H groups in total. The van der Waals surface area contributed by atoms with Crippen LogP contribution in [0.2, 0.25) is 0 Å². The summed E-state index contributed by atoms with van der Waals surface area (Å²) in [6.07, 6.45) is 3.17. The molecule has 0 saturated heterocycles. The Bertz CT molecular complexity index is 173. The van der Waals surface area contributed by atoms with Gasteiger partial charge in [0.05, 0.1) is 9.85 Å². The highest BCUT2D eigenvalue weighted by atomic mass is 16.6. The Labute approximate surface area is 55.8 Å². The molecular formula is C4H4N2O4. The number of hydrogen-bond acceptors (Lipinski definition) is 4. The third-order valence-electron chi connectivity index (χ3n) is 0.527. The van der Waals surface area contributed by atoms with Gasteiger partial charge in [0.25, 0.3) is 0 Å². The summed E-state index contributed by atoms with van der Waals surface area (Å²) in [4.78, 5) is 17.7. The standard InChI is InChI=1S/C4H4N2O4/c7-5(8)3-1-2-4-6(9)10/h1-4H/b3-1-,4-2+. The molecule has 0 amide bonds. The van der Waals surface area contributed by atoms with Crippen molar-refractivity contribution in [2.24, 2.45) is 0 Å². The van der Waals surface area contributed by atoms with Gasteiger partial charge in [0, 0.05) is 12.2 Å². The Morgan fingerprint density at radius 1 is 0.900 bits per heavy atom. The van der Waals surface area contributed by atoms with Crippen molar-refractivity contribution in [2.75, 3.05) is 0 Å². The van der Waals surface area contributed by atoms with E-state index in [0.717, 1.165) is 12.2 Å². The fraction of sp³-hybridized carbons (Fsp3) is 0. The lowest BCUT2D eigenvalue weighted by molar-refractivity contribution is -0.404.